The van der Waals surface area contributed by atoms with E-state index in [2.05, 4.69) is 10.2 Å². The molecule has 0 saturated carbocycles. The van der Waals surface area contributed by atoms with Gasteiger partial charge in [-0.15, -0.1) is 0 Å². The largest absolute Gasteiger partial charge is 0.329 e. The lowest BCUT2D eigenvalue weighted by Gasteiger charge is -2.21. The Kier molecular flexibility index (Phi) is 2.23. The maximum atomic E-state index is 13.3. The fourth-order valence-corrected chi connectivity index (χ4v) is 2.48. The van der Waals surface area contributed by atoms with Crippen molar-refractivity contribution in [1.29, 1.82) is 0 Å². The molecule has 1 aliphatic heterocycles. The molecule has 3 rings (SSSR count). The number of nitrogens with zero attached hydrogens (tertiary/aromatic N) is 2. The van der Waals surface area contributed by atoms with Crippen LogP contribution in [-0.4, -0.2) is 28.1 Å². The first-order chi connectivity index (χ1) is 8.59. The summed E-state index contributed by atoms with van der Waals surface area (Å²) in [7, 11) is 1.71. The van der Waals surface area contributed by atoms with Crippen LogP contribution in [0.3, 0.4) is 0 Å². The Hall–Kier alpha value is -2.17. The number of halogens is 1. The minimum atomic E-state index is -0.303. The van der Waals surface area contributed by atoms with Crippen LogP contribution in [0, 0.1) is 12.7 Å². The second-order valence-corrected chi connectivity index (χ2v) is 4.48. The van der Waals surface area contributed by atoms with Crippen LogP contribution in [0.15, 0.2) is 24.3 Å². The van der Waals surface area contributed by atoms with Crippen molar-refractivity contribution >= 4 is 5.91 Å². The molecule has 1 aromatic carbocycles. The summed E-state index contributed by atoms with van der Waals surface area (Å²) in [5.74, 6) is -0.438. The summed E-state index contributed by atoms with van der Waals surface area (Å²) in [6.07, 6.45) is 0. The summed E-state index contributed by atoms with van der Waals surface area (Å²) in [6, 6.07) is 6.05. The molecule has 1 N–H and O–H groups in total. The molecule has 0 aliphatic carbocycles. The zero-order valence-corrected chi connectivity index (χ0v) is 10.1. The fourth-order valence-electron chi connectivity index (χ4n) is 2.48. The van der Waals surface area contributed by atoms with Gasteiger partial charge in [-0.25, -0.2) is 4.39 Å². The van der Waals surface area contributed by atoms with Crippen LogP contribution in [0.5, 0.6) is 0 Å². The zero-order chi connectivity index (χ0) is 12.9. The minimum Gasteiger partial charge on any atom is -0.329 e. The number of rotatable bonds is 1. The molecule has 1 aliphatic rings. The molecule has 0 fully saturated rings. The average molecular weight is 245 g/mol. The summed E-state index contributed by atoms with van der Waals surface area (Å²) in [5, 5.41) is 6.83. The zero-order valence-electron chi connectivity index (χ0n) is 10.1. The van der Waals surface area contributed by atoms with Gasteiger partial charge in [-0.2, -0.15) is 5.10 Å². The topological polar surface area (TPSA) is 49.0 Å². The number of carbonyl (C=O) groups excluding carboxylic acids is 1. The van der Waals surface area contributed by atoms with Crippen LogP contribution in [0.1, 0.15) is 33.4 Å². The predicted molar refractivity (Wildman–Crippen MR) is 63.7 cm³/mol. The highest BCUT2D eigenvalue weighted by Gasteiger charge is 2.39. The average Bonchev–Trinajstić information content (AvgIpc) is 2.82. The molecular weight excluding hydrogens is 233 g/mol. The van der Waals surface area contributed by atoms with Crippen molar-refractivity contribution in [1.82, 2.24) is 15.1 Å². The lowest BCUT2D eigenvalue weighted by Crippen LogP contribution is -2.24. The van der Waals surface area contributed by atoms with Crippen LogP contribution < -0.4 is 0 Å². The number of aryl methyl sites for hydroxylation is 1. The number of aromatic nitrogens is 2. The number of hydrogen-bond donors (Lipinski definition) is 1. The van der Waals surface area contributed by atoms with Crippen LogP contribution >= 0.6 is 0 Å². The van der Waals surface area contributed by atoms with E-state index in [0.717, 1.165) is 16.8 Å². The molecule has 1 amide bonds. The van der Waals surface area contributed by atoms with E-state index >= 15 is 0 Å². The summed E-state index contributed by atoms with van der Waals surface area (Å²) >= 11 is 0. The first kappa shape index (κ1) is 11.0. The number of amides is 1. The first-order valence-electron chi connectivity index (χ1n) is 5.67. The van der Waals surface area contributed by atoms with Crippen molar-refractivity contribution in [3.8, 4) is 0 Å². The van der Waals surface area contributed by atoms with Gasteiger partial charge in [0.05, 0.1) is 6.04 Å². The molecule has 2 heterocycles. The second kappa shape index (κ2) is 3.66. The SMILES string of the molecule is Cc1[nH]nc2c1[C@@H](c1cccc(F)c1)N(C)C2=O. The molecule has 0 bridgehead atoms. The number of carbonyl (C=O) groups is 1. The van der Waals surface area contributed by atoms with Gasteiger partial charge in [0.15, 0.2) is 5.69 Å². The molecule has 18 heavy (non-hydrogen) atoms. The molecular formula is C13H12FN3O. The van der Waals surface area contributed by atoms with Crippen molar-refractivity contribution < 1.29 is 9.18 Å². The van der Waals surface area contributed by atoms with Gasteiger partial charge >= 0.3 is 0 Å². The Bertz CT molecular complexity index is 635. The van der Waals surface area contributed by atoms with Crippen molar-refractivity contribution in [2.45, 2.75) is 13.0 Å². The summed E-state index contributed by atoms with van der Waals surface area (Å²) in [5.41, 5.74) is 2.88. The molecule has 0 saturated heterocycles. The number of fused-ring (bicyclic) bond motifs is 1. The number of benzene rings is 1. The fraction of sp³-hybridized carbons (Fsp3) is 0.231. The highest BCUT2D eigenvalue weighted by Crippen LogP contribution is 2.38. The molecule has 92 valence electrons. The van der Waals surface area contributed by atoms with Crippen molar-refractivity contribution in [3.05, 3.63) is 52.6 Å². The highest BCUT2D eigenvalue weighted by atomic mass is 19.1. The van der Waals surface area contributed by atoms with E-state index in [1.54, 1.807) is 18.0 Å². The van der Waals surface area contributed by atoms with Gasteiger partial charge in [0.25, 0.3) is 5.91 Å². The molecule has 0 spiro atoms. The normalized spacial score (nSPS) is 18.3. The third-order valence-corrected chi connectivity index (χ3v) is 3.34. The molecule has 5 heteroatoms. The molecule has 4 nitrogen and oxygen atoms in total. The molecule has 1 atom stereocenters. The number of aromatic amines is 1. The van der Waals surface area contributed by atoms with E-state index < -0.39 is 0 Å². The van der Waals surface area contributed by atoms with Crippen molar-refractivity contribution in [3.63, 3.8) is 0 Å². The maximum absolute atomic E-state index is 13.3. The van der Waals surface area contributed by atoms with Gasteiger partial charge < -0.3 is 4.90 Å². The minimum absolute atomic E-state index is 0.136. The van der Waals surface area contributed by atoms with E-state index in [1.165, 1.54) is 12.1 Å². The maximum Gasteiger partial charge on any atom is 0.275 e. The summed E-state index contributed by atoms with van der Waals surface area (Å²) in [4.78, 5) is 13.6. The lowest BCUT2D eigenvalue weighted by atomic mass is 9.99. The van der Waals surface area contributed by atoms with Crippen LogP contribution in [0.4, 0.5) is 4.39 Å². The third-order valence-electron chi connectivity index (χ3n) is 3.34. The van der Waals surface area contributed by atoms with Crippen LogP contribution in [-0.2, 0) is 0 Å². The quantitative estimate of drug-likeness (QED) is 0.835. The number of nitrogens with one attached hydrogen (secondary N) is 1. The van der Waals surface area contributed by atoms with E-state index in [1.807, 2.05) is 13.0 Å². The second-order valence-electron chi connectivity index (χ2n) is 4.48. The van der Waals surface area contributed by atoms with Gasteiger partial charge in [0.1, 0.15) is 5.82 Å². The summed E-state index contributed by atoms with van der Waals surface area (Å²) < 4.78 is 13.3. The van der Waals surface area contributed by atoms with Gasteiger partial charge in [-0.05, 0) is 24.6 Å². The third kappa shape index (κ3) is 1.37. The Morgan fingerprint density at radius 1 is 1.44 bits per heavy atom. The molecule has 1 aromatic heterocycles. The number of H-pyrrole nitrogens is 1. The van der Waals surface area contributed by atoms with Crippen LogP contribution in [0.2, 0.25) is 0 Å². The van der Waals surface area contributed by atoms with E-state index in [4.69, 9.17) is 0 Å². The van der Waals surface area contributed by atoms with Gasteiger partial charge in [-0.3, -0.25) is 9.89 Å². The first-order valence-corrected chi connectivity index (χ1v) is 5.67. The smallest absolute Gasteiger partial charge is 0.275 e. The molecule has 2 aromatic rings. The predicted octanol–water partition coefficient (Wildman–Crippen LogP) is 2.03. The monoisotopic (exact) mass is 245 g/mol. The Labute approximate surface area is 103 Å². The Balaban J connectivity index is 2.18. The summed E-state index contributed by atoms with van der Waals surface area (Å²) in [6.45, 7) is 1.87. The van der Waals surface area contributed by atoms with E-state index in [0.29, 0.717) is 5.69 Å². The molecule has 0 radical (unpaired) electrons. The van der Waals surface area contributed by atoms with E-state index in [9.17, 15) is 9.18 Å². The Morgan fingerprint density at radius 2 is 2.22 bits per heavy atom. The van der Waals surface area contributed by atoms with Crippen molar-refractivity contribution in [2.24, 2.45) is 0 Å². The van der Waals surface area contributed by atoms with Gasteiger partial charge in [0.2, 0.25) is 0 Å². The Morgan fingerprint density at radius 3 is 2.94 bits per heavy atom. The lowest BCUT2D eigenvalue weighted by molar-refractivity contribution is 0.0787. The standard InChI is InChI=1S/C13H12FN3O/c1-7-10-11(16-15-7)13(18)17(2)12(10)8-4-3-5-9(14)6-8/h3-6,12H,1-2H3,(H,15,16)/t12-/m1/s1. The molecule has 0 unspecified atom stereocenters. The van der Waals surface area contributed by atoms with Gasteiger partial charge in [-0.1, -0.05) is 12.1 Å². The number of hydrogen-bond acceptors (Lipinski definition) is 2. The van der Waals surface area contributed by atoms with Crippen molar-refractivity contribution in [2.75, 3.05) is 7.05 Å². The van der Waals surface area contributed by atoms with E-state index in [-0.39, 0.29) is 17.8 Å². The van der Waals surface area contributed by atoms with Crippen LogP contribution in [0.25, 0.3) is 0 Å². The highest BCUT2D eigenvalue weighted by molar-refractivity contribution is 5.98. The van der Waals surface area contributed by atoms with Gasteiger partial charge in [0, 0.05) is 18.3 Å².